The van der Waals surface area contributed by atoms with Crippen molar-refractivity contribution < 1.29 is 19.5 Å². The minimum absolute atomic E-state index is 0.0307. The highest BCUT2D eigenvalue weighted by molar-refractivity contribution is 5.99. The van der Waals surface area contributed by atoms with E-state index in [1.54, 1.807) is 13.8 Å². The molecule has 0 fully saturated rings. The van der Waals surface area contributed by atoms with Gasteiger partial charge < -0.3 is 16.6 Å². The molecule has 0 aliphatic heterocycles. The molecule has 2 amide bonds. The lowest BCUT2D eigenvalue weighted by molar-refractivity contribution is -0.160. The summed E-state index contributed by atoms with van der Waals surface area (Å²) in [5.74, 6) is -2.62. The zero-order valence-corrected chi connectivity index (χ0v) is 18.2. The number of hydrogen-bond donors (Lipinski definition) is 3. The smallest absolute Gasteiger partial charge is 0.327 e. The number of amides is 2. The summed E-state index contributed by atoms with van der Waals surface area (Å²) < 4.78 is 0. The highest BCUT2D eigenvalue weighted by Crippen LogP contribution is 2.18. The van der Waals surface area contributed by atoms with Crippen LogP contribution in [-0.2, 0) is 14.4 Å². The van der Waals surface area contributed by atoms with Gasteiger partial charge in [-0.25, -0.2) is 4.79 Å². The number of unbranched alkanes of at least 4 members (excludes halogenated alkanes) is 4. The monoisotopic (exact) mass is 399 g/mol. The molecule has 0 bridgehead atoms. The van der Waals surface area contributed by atoms with E-state index < -0.39 is 29.7 Å². The van der Waals surface area contributed by atoms with Gasteiger partial charge in [-0.2, -0.15) is 0 Å². The summed E-state index contributed by atoms with van der Waals surface area (Å²) in [6.45, 7) is 7.55. The number of nitrogens with two attached hydrogens (primary N) is 2. The van der Waals surface area contributed by atoms with Crippen LogP contribution in [0.5, 0.6) is 0 Å². The molecule has 0 aliphatic carbocycles. The average Bonchev–Trinajstić information content (AvgIpc) is 2.58. The molecule has 7 heteroatoms. The Bertz CT molecular complexity index is 452. The molecule has 3 atom stereocenters. The molecule has 1 unspecified atom stereocenters. The molecule has 0 rings (SSSR count). The second-order valence-electron chi connectivity index (χ2n) is 8.10. The van der Waals surface area contributed by atoms with Gasteiger partial charge in [0.25, 0.3) is 0 Å². The van der Waals surface area contributed by atoms with E-state index in [1.807, 2.05) is 0 Å². The van der Waals surface area contributed by atoms with E-state index >= 15 is 0 Å². The fourth-order valence-electron chi connectivity index (χ4n) is 3.31. The molecular weight excluding hydrogens is 358 g/mol. The van der Waals surface area contributed by atoms with Crippen LogP contribution in [0.2, 0.25) is 0 Å². The molecule has 0 aromatic heterocycles. The van der Waals surface area contributed by atoms with Gasteiger partial charge in [-0.05, 0) is 18.8 Å². The lowest BCUT2D eigenvalue weighted by Gasteiger charge is -2.31. The molecule has 28 heavy (non-hydrogen) atoms. The lowest BCUT2D eigenvalue weighted by Crippen LogP contribution is -2.53. The predicted octanol–water partition coefficient (Wildman–Crippen LogP) is 3.05. The molecule has 0 saturated heterocycles. The first-order chi connectivity index (χ1) is 13.1. The average molecular weight is 400 g/mol. The maximum absolute atomic E-state index is 12.8. The highest BCUT2D eigenvalue weighted by Gasteiger charge is 2.37. The first kappa shape index (κ1) is 26.5. The number of carbonyl (C=O) groups is 3. The number of hydrogen-bond acceptors (Lipinski definition) is 5. The van der Waals surface area contributed by atoms with Crippen LogP contribution in [0.15, 0.2) is 0 Å². The van der Waals surface area contributed by atoms with E-state index in [-0.39, 0.29) is 24.9 Å². The highest BCUT2D eigenvalue weighted by atomic mass is 16.4. The Hall–Kier alpha value is -1.47. The SMILES string of the molecule is CCCCCC(N)CC(=O)N(C(=O)C[C@@H](N)CCCCC)[C@H](C(=O)O)C(C)C. The predicted molar refractivity (Wildman–Crippen MR) is 112 cm³/mol. The molecule has 5 N–H and O–H groups in total. The van der Waals surface area contributed by atoms with E-state index in [0.29, 0.717) is 12.8 Å². The molecule has 0 aliphatic rings. The Morgan fingerprint density at radius 3 is 1.50 bits per heavy atom. The van der Waals surface area contributed by atoms with Gasteiger partial charge in [-0.3, -0.25) is 14.5 Å². The first-order valence-electron chi connectivity index (χ1n) is 10.7. The zero-order chi connectivity index (χ0) is 21.7. The molecule has 0 aromatic rings. The van der Waals surface area contributed by atoms with Crippen molar-refractivity contribution in [3.05, 3.63) is 0 Å². The quantitative estimate of drug-likeness (QED) is 0.363. The molecule has 164 valence electrons. The van der Waals surface area contributed by atoms with Crippen LogP contribution in [0.3, 0.4) is 0 Å². The Labute approximate surface area is 170 Å². The molecule has 0 saturated carbocycles. The third-order valence-electron chi connectivity index (χ3n) is 4.93. The van der Waals surface area contributed by atoms with Crippen molar-refractivity contribution >= 4 is 17.8 Å². The molecule has 0 radical (unpaired) electrons. The second-order valence-corrected chi connectivity index (χ2v) is 8.10. The zero-order valence-electron chi connectivity index (χ0n) is 18.2. The normalized spacial score (nSPS) is 14.5. The molecule has 0 heterocycles. The minimum atomic E-state index is -1.20. The van der Waals surface area contributed by atoms with Gasteiger partial charge in [0.2, 0.25) is 11.8 Å². The van der Waals surface area contributed by atoms with Crippen LogP contribution in [0.25, 0.3) is 0 Å². The Morgan fingerprint density at radius 1 is 0.821 bits per heavy atom. The fraction of sp³-hybridized carbons (Fsp3) is 0.857. The van der Waals surface area contributed by atoms with Crippen LogP contribution in [0, 0.1) is 5.92 Å². The van der Waals surface area contributed by atoms with Crippen LogP contribution >= 0.6 is 0 Å². The van der Waals surface area contributed by atoms with Crippen molar-refractivity contribution in [1.29, 1.82) is 0 Å². The Balaban J connectivity index is 5.21. The van der Waals surface area contributed by atoms with Crippen LogP contribution in [-0.4, -0.2) is 45.9 Å². The van der Waals surface area contributed by atoms with Gasteiger partial charge >= 0.3 is 5.97 Å². The fourth-order valence-corrected chi connectivity index (χ4v) is 3.31. The number of carboxylic acid groups (broad SMARTS) is 1. The van der Waals surface area contributed by atoms with Gasteiger partial charge in [0.05, 0.1) is 0 Å². The Morgan fingerprint density at radius 2 is 1.21 bits per heavy atom. The van der Waals surface area contributed by atoms with Crippen LogP contribution < -0.4 is 11.5 Å². The number of carbonyl (C=O) groups excluding carboxylic acids is 2. The summed E-state index contributed by atoms with van der Waals surface area (Å²) >= 11 is 0. The van der Waals surface area contributed by atoms with Crippen molar-refractivity contribution in [3.8, 4) is 0 Å². The van der Waals surface area contributed by atoms with Gasteiger partial charge in [0.1, 0.15) is 6.04 Å². The summed E-state index contributed by atoms with van der Waals surface area (Å²) in [6.07, 6.45) is 7.28. The number of nitrogens with zero attached hydrogens (tertiary/aromatic N) is 1. The summed E-state index contributed by atoms with van der Waals surface area (Å²) in [6, 6.07) is -1.96. The van der Waals surface area contributed by atoms with E-state index in [1.165, 1.54) is 0 Å². The largest absolute Gasteiger partial charge is 0.480 e. The summed E-state index contributed by atoms with van der Waals surface area (Å²) in [4.78, 5) is 38.4. The third-order valence-corrected chi connectivity index (χ3v) is 4.93. The van der Waals surface area contributed by atoms with Crippen molar-refractivity contribution in [2.24, 2.45) is 17.4 Å². The van der Waals surface area contributed by atoms with Gasteiger partial charge in [-0.15, -0.1) is 0 Å². The number of aliphatic carboxylic acids is 1. The molecule has 0 spiro atoms. The number of imide groups is 1. The molecular formula is C21H41N3O4. The van der Waals surface area contributed by atoms with Crippen molar-refractivity contribution in [3.63, 3.8) is 0 Å². The lowest BCUT2D eigenvalue weighted by atomic mass is 9.98. The van der Waals surface area contributed by atoms with Gasteiger partial charge in [0.15, 0.2) is 0 Å². The Kier molecular flexibility index (Phi) is 13.8. The molecule has 7 nitrogen and oxygen atoms in total. The summed E-state index contributed by atoms with van der Waals surface area (Å²) in [5.41, 5.74) is 12.1. The maximum Gasteiger partial charge on any atom is 0.327 e. The topological polar surface area (TPSA) is 127 Å². The summed E-state index contributed by atoms with van der Waals surface area (Å²) in [5, 5.41) is 9.62. The van der Waals surface area contributed by atoms with Crippen molar-refractivity contribution in [2.75, 3.05) is 0 Å². The molecule has 0 aromatic carbocycles. The standard InChI is InChI=1S/C21H41N3O4/c1-5-7-9-11-16(22)13-18(25)24(20(15(3)4)21(27)28)19(26)14-17(23)12-10-8-6-2/h15-17,20H,5-14,22-23H2,1-4H3,(H,27,28)/t16-,17?,20-/m0/s1. The van der Waals surface area contributed by atoms with Crippen molar-refractivity contribution in [1.82, 2.24) is 4.90 Å². The van der Waals surface area contributed by atoms with Crippen LogP contribution in [0.1, 0.15) is 91.9 Å². The van der Waals surface area contributed by atoms with Crippen LogP contribution in [0.4, 0.5) is 0 Å². The van der Waals surface area contributed by atoms with Gasteiger partial charge in [-0.1, -0.05) is 66.2 Å². The van der Waals surface area contributed by atoms with E-state index in [4.69, 9.17) is 11.5 Å². The van der Waals surface area contributed by atoms with E-state index in [2.05, 4.69) is 13.8 Å². The number of rotatable bonds is 15. The van der Waals surface area contributed by atoms with Crippen molar-refractivity contribution in [2.45, 2.75) is 110 Å². The maximum atomic E-state index is 12.8. The van der Waals surface area contributed by atoms with Gasteiger partial charge in [0, 0.05) is 24.9 Å². The number of carboxylic acids is 1. The van der Waals surface area contributed by atoms with E-state index in [9.17, 15) is 19.5 Å². The second kappa shape index (κ2) is 14.5. The first-order valence-corrected chi connectivity index (χ1v) is 10.7. The minimum Gasteiger partial charge on any atom is -0.480 e. The summed E-state index contributed by atoms with van der Waals surface area (Å²) in [7, 11) is 0. The van der Waals surface area contributed by atoms with E-state index in [0.717, 1.165) is 43.4 Å². The third kappa shape index (κ3) is 10.2.